The number of pyridine rings is 1. The maximum Gasteiger partial charge on any atom is 0.251 e. The molecule has 0 atom stereocenters. The molecule has 1 fully saturated rings. The van der Waals surface area contributed by atoms with E-state index in [-0.39, 0.29) is 17.4 Å². The van der Waals surface area contributed by atoms with Crippen molar-refractivity contribution in [2.75, 3.05) is 20.8 Å². The number of fused-ring (bicyclic) bond motifs is 1. The Morgan fingerprint density at radius 1 is 1.26 bits per heavy atom. The molecule has 0 aliphatic heterocycles. The number of H-pyrrole nitrogens is 1. The molecule has 23 heavy (non-hydrogen) atoms. The Bertz CT molecular complexity index is 793. The number of carbonyl (C=O) groups is 1. The van der Waals surface area contributed by atoms with Crippen molar-refractivity contribution in [1.29, 1.82) is 0 Å². The van der Waals surface area contributed by atoms with Gasteiger partial charge in [0, 0.05) is 23.4 Å². The van der Waals surface area contributed by atoms with Crippen molar-refractivity contribution in [1.82, 2.24) is 10.3 Å². The van der Waals surface area contributed by atoms with Crippen LogP contribution >= 0.6 is 0 Å². The van der Waals surface area contributed by atoms with Gasteiger partial charge in [-0.1, -0.05) is 0 Å². The van der Waals surface area contributed by atoms with Gasteiger partial charge in [0.2, 0.25) is 5.91 Å². The average molecular weight is 316 g/mol. The zero-order chi connectivity index (χ0) is 16.4. The molecule has 1 saturated carbocycles. The Balaban J connectivity index is 1.86. The van der Waals surface area contributed by atoms with Crippen LogP contribution in [-0.2, 0) is 11.2 Å². The average Bonchev–Trinajstić information content (AvgIpc) is 3.39. The van der Waals surface area contributed by atoms with Gasteiger partial charge in [-0.3, -0.25) is 9.59 Å². The van der Waals surface area contributed by atoms with Gasteiger partial charge in [0.25, 0.3) is 5.56 Å². The van der Waals surface area contributed by atoms with E-state index in [1.165, 1.54) is 0 Å². The van der Waals surface area contributed by atoms with Crippen molar-refractivity contribution >= 4 is 16.8 Å². The second kappa shape index (κ2) is 6.32. The normalized spacial score (nSPS) is 13.8. The fourth-order valence-electron chi connectivity index (χ4n) is 2.63. The molecule has 0 saturated heterocycles. The topological polar surface area (TPSA) is 80.4 Å². The Morgan fingerprint density at radius 3 is 2.61 bits per heavy atom. The number of hydrogen-bond donors (Lipinski definition) is 2. The lowest BCUT2D eigenvalue weighted by molar-refractivity contribution is -0.122. The number of ether oxygens (including phenoxy) is 2. The zero-order valence-electron chi connectivity index (χ0n) is 13.3. The van der Waals surface area contributed by atoms with Crippen LogP contribution < -0.4 is 20.3 Å². The number of carbonyl (C=O) groups excluding carboxylic acids is 1. The molecule has 1 heterocycles. The molecule has 0 radical (unpaired) electrons. The Hall–Kier alpha value is -2.50. The minimum Gasteiger partial charge on any atom is -0.496 e. The number of nitrogens with one attached hydrogen (secondary N) is 2. The summed E-state index contributed by atoms with van der Waals surface area (Å²) >= 11 is 0. The molecule has 0 unspecified atom stereocenters. The molecule has 1 aliphatic rings. The lowest BCUT2D eigenvalue weighted by Gasteiger charge is -2.11. The summed E-state index contributed by atoms with van der Waals surface area (Å²) in [5.41, 5.74) is 1.05. The first-order valence-corrected chi connectivity index (χ1v) is 7.68. The van der Waals surface area contributed by atoms with Crippen molar-refractivity contribution in [3.8, 4) is 11.5 Å². The van der Waals surface area contributed by atoms with E-state index in [0.717, 1.165) is 18.2 Å². The van der Waals surface area contributed by atoms with Gasteiger partial charge in [-0.2, -0.15) is 0 Å². The number of amides is 1. The molecule has 2 aromatic rings. The van der Waals surface area contributed by atoms with Gasteiger partial charge in [0.1, 0.15) is 11.5 Å². The van der Waals surface area contributed by atoms with Gasteiger partial charge in [-0.05, 0) is 37.5 Å². The van der Waals surface area contributed by atoms with E-state index in [4.69, 9.17) is 9.47 Å². The number of benzene rings is 1. The molecule has 0 bridgehead atoms. The maximum absolute atomic E-state index is 12.3. The van der Waals surface area contributed by atoms with E-state index >= 15 is 0 Å². The lowest BCUT2D eigenvalue weighted by atomic mass is 10.1. The molecule has 6 nitrogen and oxygen atoms in total. The van der Waals surface area contributed by atoms with Crippen molar-refractivity contribution in [2.24, 2.45) is 5.92 Å². The third kappa shape index (κ3) is 3.16. The summed E-state index contributed by atoms with van der Waals surface area (Å²) in [7, 11) is 3.14. The van der Waals surface area contributed by atoms with Gasteiger partial charge < -0.3 is 19.8 Å². The summed E-state index contributed by atoms with van der Waals surface area (Å²) in [5, 5.41) is 3.66. The number of aromatic nitrogens is 1. The number of hydrogen-bond acceptors (Lipinski definition) is 4. The first-order chi connectivity index (χ1) is 11.1. The van der Waals surface area contributed by atoms with E-state index in [1.54, 1.807) is 32.4 Å². The molecule has 1 aromatic heterocycles. The molecular formula is C17H20N2O4. The van der Waals surface area contributed by atoms with E-state index < -0.39 is 0 Å². The highest BCUT2D eigenvalue weighted by molar-refractivity contribution is 5.90. The highest BCUT2D eigenvalue weighted by atomic mass is 16.5. The van der Waals surface area contributed by atoms with Gasteiger partial charge in [0.15, 0.2) is 0 Å². The molecule has 0 spiro atoms. The molecule has 122 valence electrons. The highest BCUT2D eigenvalue weighted by Crippen LogP contribution is 2.31. The second-order valence-corrected chi connectivity index (χ2v) is 5.70. The first kappa shape index (κ1) is 15.4. The summed E-state index contributed by atoms with van der Waals surface area (Å²) in [6, 6.07) is 5.36. The summed E-state index contributed by atoms with van der Waals surface area (Å²) in [4.78, 5) is 26.8. The Morgan fingerprint density at radius 2 is 1.96 bits per heavy atom. The van der Waals surface area contributed by atoms with Crippen LogP contribution in [0.2, 0.25) is 0 Å². The SMILES string of the molecule is COc1ccc(OC)c2[nH]c(=O)c(CCNC(=O)C3CC3)cc12. The second-order valence-electron chi connectivity index (χ2n) is 5.70. The van der Waals surface area contributed by atoms with Crippen LogP contribution in [0.4, 0.5) is 0 Å². The summed E-state index contributed by atoms with van der Waals surface area (Å²) in [6.07, 6.45) is 2.42. The van der Waals surface area contributed by atoms with E-state index in [1.807, 2.05) is 0 Å². The molecule has 1 aliphatic carbocycles. The molecule has 6 heteroatoms. The standard InChI is InChI=1S/C17H20N2O4/c1-22-13-5-6-14(23-2)15-12(13)9-11(17(21)19-15)7-8-18-16(20)10-3-4-10/h5-6,9-10H,3-4,7-8H2,1-2H3,(H,18,20)(H,19,21). The van der Waals surface area contributed by atoms with E-state index in [9.17, 15) is 9.59 Å². The van der Waals surface area contributed by atoms with Gasteiger partial charge in [-0.25, -0.2) is 0 Å². The van der Waals surface area contributed by atoms with Crippen LogP contribution in [0.25, 0.3) is 10.9 Å². The summed E-state index contributed by atoms with van der Waals surface area (Å²) in [5.74, 6) is 1.52. The monoisotopic (exact) mass is 316 g/mol. The predicted octanol–water partition coefficient (Wildman–Crippen LogP) is 1.61. The van der Waals surface area contributed by atoms with Crippen LogP contribution in [0.5, 0.6) is 11.5 Å². The van der Waals surface area contributed by atoms with Gasteiger partial charge in [0.05, 0.1) is 19.7 Å². The predicted molar refractivity (Wildman–Crippen MR) is 87.1 cm³/mol. The fraction of sp³-hybridized carbons (Fsp3) is 0.412. The van der Waals surface area contributed by atoms with Crippen LogP contribution in [-0.4, -0.2) is 31.7 Å². The third-order valence-electron chi connectivity index (χ3n) is 4.10. The largest absolute Gasteiger partial charge is 0.496 e. The van der Waals surface area contributed by atoms with Gasteiger partial charge >= 0.3 is 0 Å². The lowest BCUT2D eigenvalue weighted by Crippen LogP contribution is -2.28. The summed E-state index contributed by atoms with van der Waals surface area (Å²) < 4.78 is 10.6. The van der Waals surface area contributed by atoms with Crippen LogP contribution in [0.3, 0.4) is 0 Å². The van der Waals surface area contributed by atoms with E-state index in [0.29, 0.717) is 35.5 Å². The number of aromatic amines is 1. The Labute approximate surface area is 133 Å². The van der Waals surface area contributed by atoms with Crippen molar-refractivity contribution in [3.63, 3.8) is 0 Å². The van der Waals surface area contributed by atoms with Crippen LogP contribution in [0, 0.1) is 5.92 Å². The first-order valence-electron chi connectivity index (χ1n) is 7.68. The third-order valence-corrected chi connectivity index (χ3v) is 4.10. The minimum atomic E-state index is -0.176. The van der Waals surface area contributed by atoms with Gasteiger partial charge in [-0.15, -0.1) is 0 Å². The molecule has 3 rings (SSSR count). The van der Waals surface area contributed by atoms with Crippen molar-refractivity contribution in [3.05, 3.63) is 34.1 Å². The van der Waals surface area contributed by atoms with Crippen molar-refractivity contribution in [2.45, 2.75) is 19.3 Å². The van der Waals surface area contributed by atoms with E-state index in [2.05, 4.69) is 10.3 Å². The molecule has 1 aromatic carbocycles. The smallest absolute Gasteiger partial charge is 0.251 e. The zero-order valence-corrected chi connectivity index (χ0v) is 13.3. The van der Waals surface area contributed by atoms with Crippen molar-refractivity contribution < 1.29 is 14.3 Å². The molecule has 1 amide bonds. The fourth-order valence-corrected chi connectivity index (χ4v) is 2.63. The maximum atomic E-state index is 12.3. The number of methoxy groups -OCH3 is 2. The molecule has 2 N–H and O–H groups in total. The Kier molecular flexibility index (Phi) is 4.23. The number of rotatable bonds is 6. The quantitative estimate of drug-likeness (QED) is 0.848. The summed E-state index contributed by atoms with van der Waals surface area (Å²) in [6.45, 7) is 0.455. The minimum absolute atomic E-state index is 0.0847. The molecular weight excluding hydrogens is 296 g/mol. The highest BCUT2D eigenvalue weighted by Gasteiger charge is 2.29. The van der Waals surface area contributed by atoms with Crippen LogP contribution in [0.15, 0.2) is 23.0 Å². The van der Waals surface area contributed by atoms with Crippen LogP contribution in [0.1, 0.15) is 18.4 Å².